The molecule has 3 aliphatic heterocycles. The number of rotatable bonds is 3. The van der Waals surface area contributed by atoms with Crippen LogP contribution in [0.5, 0.6) is 0 Å². The zero-order chi connectivity index (χ0) is 23.5. The van der Waals surface area contributed by atoms with Crippen molar-refractivity contribution < 1.29 is 22.7 Å². The number of ether oxygens (including phenoxy) is 1. The lowest BCUT2D eigenvalue weighted by atomic mass is 9.91. The number of fused-ring (bicyclic) bond motifs is 2. The van der Waals surface area contributed by atoms with Crippen molar-refractivity contribution in [3.05, 3.63) is 46.0 Å². The number of amides is 1. The number of alkyl halides is 3. The van der Waals surface area contributed by atoms with E-state index in [1.165, 1.54) is 5.56 Å². The van der Waals surface area contributed by atoms with Gasteiger partial charge in [-0.25, -0.2) is 9.97 Å². The number of hydrogen-bond donors (Lipinski definition) is 0. The van der Waals surface area contributed by atoms with E-state index in [1.54, 1.807) is 4.90 Å². The van der Waals surface area contributed by atoms with Crippen LogP contribution in [-0.4, -0.2) is 44.4 Å². The van der Waals surface area contributed by atoms with Crippen LogP contribution in [0, 0.1) is 12.8 Å². The monoisotopic (exact) mass is 461 g/mol. The molecule has 0 aromatic carbocycles. The summed E-state index contributed by atoms with van der Waals surface area (Å²) in [5, 5.41) is 0. The quantitative estimate of drug-likeness (QED) is 0.698. The van der Waals surface area contributed by atoms with E-state index in [-0.39, 0.29) is 23.4 Å². The molecule has 7 nitrogen and oxygen atoms in total. The van der Waals surface area contributed by atoms with Gasteiger partial charge in [0.25, 0.3) is 0 Å². The molecule has 0 aliphatic carbocycles. The first-order chi connectivity index (χ1) is 15.5. The molecule has 3 aliphatic rings. The molecule has 0 atom stereocenters. The lowest BCUT2D eigenvalue weighted by Gasteiger charge is -2.39. The third kappa shape index (κ3) is 4.16. The molecule has 10 heteroatoms. The van der Waals surface area contributed by atoms with Gasteiger partial charge in [0.2, 0.25) is 11.9 Å². The molecule has 2 aromatic heterocycles. The van der Waals surface area contributed by atoms with E-state index in [0.717, 1.165) is 41.3 Å². The van der Waals surface area contributed by atoms with Gasteiger partial charge in [-0.2, -0.15) is 13.2 Å². The van der Waals surface area contributed by atoms with Crippen LogP contribution >= 0.6 is 0 Å². The summed E-state index contributed by atoms with van der Waals surface area (Å²) in [5.74, 6) is 0.458. The number of nitrogens with zero attached hydrogens (tertiary/aromatic N) is 5. The fraction of sp³-hybridized carbons (Fsp3) is 0.565. The molecule has 0 saturated carbocycles. The highest BCUT2D eigenvalue weighted by molar-refractivity contribution is 5.77. The maximum Gasteiger partial charge on any atom is 0.419 e. The van der Waals surface area contributed by atoms with Gasteiger partial charge < -0.3 is 14.5 Å². The van der Waals surface area contributed by atoms with Gasteiger partial charge in [-0.15, -0.1) is 0 Å². The third-order valence-electron chi connectivity index (χ3n) is 6.78. The normalized spacial score (nSPS) is 19.8. The van der Waals surface area contributed by atoms with Gasteiger partial charge in [0, 0.05) is 62.0 Å². The Kier molecular flexibility index (Phi) is 5.11. The highest BCUT2D eigenvalue weighted by Crippen LogP contribution is 2.35. The summed E-state index contributed by atoms with van der Waals surface area (Å²) >= 11 is 0. The van der Waals surface area contributed by atoms with Gasteiger partial charge in [0.15, 0.2) is 0 Å². The van der Waals surface area contributed by atoms with Crippen molar-refractivity contribution in [2.45, 2.75) is 65.1 Å². The topological polar surface area (TPSA) is 71.5 Å². The molecule has 1 saturated heterocycles. The second kappa shape index (κ2) is 7.65. The zero-order valence-corrected chi connectivity index (χ0v) is 18.9. The number of carbonyl (C=O) groups is 1. The molecule has 1 amide bonds. The summed E-state index contributed by atoms with van der Waals surface area (Å²) < 4.78 is 44.0. The van der Waals surface area contributed by atoms with Gasteiger partial charge in [0.05, 0.1) is 30.0 Å². The van der Waals surface area contributed by atoms with Crippen LogP contribution in [0.15, 0.2) is 12.4 Å². The molecule has 5 heterocycles. The summed E-state index contributed by atoms with van der Waals surface area (Å²) in [5.41, 5.74) is 4.39. The van der Waals surface area contributed by atoms with Crippen molar-refractivity contribution in [3.63, 3.8) is 0 Å². The lowest BCUT2D eigenvalue weighted by Crippen LogP contribution is -2.49. The Morgan fingerprint density at radius 2 is 1.85 bits per heavy atom. The molecule has 0 bridgehead atoms. The van der Waals surface area contributed by atoms with Gasteiger partial charge in [0.1, 0.15) is 0 Å². The highest BCUT2D eigenvalue weighted by atomic mass is 19.4. The standard InChI is InChI=1S/C23H26F3N5O2/c1-13-16-10-30(11-19(16)29-18-5-22(2,3)33-12-17(13)18)20(32)4-14-8-31(9-14)21-27-6-15(7-28-21)23(24,25)26/h6-7,14H,4-5,8-12H2,1-3H3. The fourth-order valence-electron chi connectivity index (χ4n) is 4.79. The van der Waals surface area contributed by atoms with Gasteiger partial charge in [-0.1, -0.05) is 0 Å². The largest absolute Gasteiger partial charge is 0.419 e. The average Bonchev–Trinajstić information content (AvgIpc) is 3.13. The minimum Gasteiger partial charge on any atom is -0.370 e. The fourth-order valence-corrected chi connectivity index (χ4v) is 4.79. The van der Waals surface area contributed by atoms with Crippen molar-refractivity contribution in [1.82, 2.24) is 19.9 Å². The Morgan fingerprint density at radius 1 is 1.15 bits per heavy atom. The van der Waals surface area contributed by atoms with E-state index in [0.29, 0.717) is 39.2 Å². The van der Waals surface area contributed by atoms with Crippen LogP contribution in [0.4, 0.5) is 19.1 Å². The second-order valence-corrected chi connectivity index (χ2v) is 9.81. The van der Waals surface area contributed by atoms with E-state index in [2.05, 4.69) is 30.7 Å². The number of hydrogen-bond acceptors (Lipinski definition) is 6. The first-order valence-electron chi connectivity index (χ1n) is 11.1. The maximum atomic E-state index is 12.9. The van der Waals surface area contributed by atoms with E-state index >= 15 is 0 Å². The van der Waals surface area contributed by atoms with Gasteiger partial charge in [-0.05, 0) is 31.9 Å². The molecule has 0 unspecified atom stereocenters. The summed E-state index contributed by atoms with van der Waals surface area (Å²) in [6, 6.07) is 0. The Hall–Kier alpha value is -2.75. The number of anilines is 1. The van der Waals surface area contributed by atoms with Crippen LogP contribution in [0.25, 0.3) is 0 Å². The third-order valence-corrected chi connectivity index (χ3v) is 6.78. The summed E-state index contributed by atoms with van der Waals surface area (Å²) in [6.45, 7) is 8.94. The van der Waals surface area contributed by atoms with E-state index in [4.69, 9.17) is 9.72 Å². The SMILES string of the molecule is Cc1c2c(nc3c1CN(C(=O)CC1CN(c4ncc(C(F)(F)F)cn4)C1)C3)CC(C)(C)OC2. The second-order valence-electron chi connectivity index (χ2n) is 9.81. The highest BCUT2D eigenvalue weighted by Gasteiger charge is 2.37. The predicted octanol–water partition coefficient (Wildman–Crippen LogP) is 3.42. The van der Waals surface area contributed by atoms with Crippen molar-refractivity contribution in [2.24, 2.45) is 5.92 Å². The van der Waals surface area contributed by atoms with Crippen LogP contribution in [-0.2, 0) is 41.8 Å². The maximum absolute atomic E-state index is 12.9. The van der Waals surface area contributed by atoms with Crippen LogP contribution in [0.3, 0.4) is 0 Å². The van der Waals surface area contributed by atoms with Gasteiger partial charge >= 0.3 is 6.18 Å². The van der Waals surface area contributed by atoms with Crippen molar-refractivity contribution in [2.75, 3.05) is 18.0 Å². The Labute approximate surface area is 190 Å². The van der Waals surface area contributed by atoms with Crippen molar-refractivity contribution in [3.8, 4) is 0 Å². The minimum atomic E-state index is -4.45. The predicted molar refractivity (Wildman–Crippen MR) is 113 cm³/mol. The molecular formula is C23H26F3N5O2. The van der Waals surface area contributed by atoms with Crippen LogP contribution in [0.2, 0.25) is 0 Å². The van der Waals surface area contributed by atoms with E-state index in [9.17, 15) is 18.0 Å². The molecule has 5 rings (SSSR count). The van der Waals surface area contributed by atoms with E-state index in [1.807, 2.05) is 4.90 Å². The molecule has 0 N–H and O–H groups in total. The average molecular weight is 461 g/mol. The number of pyridine rings is 1. The van der Waals surface area contributed by atoms with Crippen LogP contribution in [0.1, 0.15) is 53.9 Å². The summed E-state index contributed by atoms with van der Waals surface area (Å²) in [4.78, 5) is 29.1. The summed E-state index contributed by atoms with van der Waals surface area (Å²) in [6.07, 6.45) is -1.72. The number of carbonyl (C=O) groups excluding carboxylic acids is 1. The molecule has 176 valence electrons. The van der Waals surface area contributed by atoms with E-state index < -0.39 is 11.7 Å². The molecule has 2 aromatic rings. The molecule has 1 fully saturated rings. The molecule has 33 heavy (non-hydrogen) atoms. The smallest absolute Gasteiger partial charge is 0.370 e. The molecule has 0 spiro atoms. The first kappa shape index (κ1) is 22.1. The lowest BCUT2D eigenvalue weighted by molar-refractivity contribution is -0.138. The molecule has 0 radical (unpaired) electrons. The molecular weight excluding hydrogens is 435 g/mol. The number of aromatic nitrogens is 3. The van der Waals surface area contributed by atoms with Gasteiger partial charge in [-0.3, -0.25) is 9.78 Å². The zero-order valence-electron chi connectivity index (χ0n) is 18.9. The summed E-state index contributed by atoms with van der Waals surface area (Å²) in [7, 11) is 0. The van der Waals surface area contributed by atoms with Crippen molar-refractivity contribution in [1.29, 1.82) is 0 Å². The van der Waals surface area contributed by atoms with Crippen LogP contribution < -0.4 is 4.90 Å². The number of halogens is 3. The Morgan fingerprint density at radius 3 is 2.52 bits per heavy atom. The van der Waals surface area contributed by atoms with Crippen molar-refractivity contribution >= 4 is 11.9 Å². The first-order valence-corrected chi connectivity index (χ1v) is 11.1. The Balaban J connectivity index is 1.18. The Bertz CT molecular complexity index is 1090. The minimum absolute atomic E-state index is 0.0694.